The minimum absolute atomic E-state index is 0.0325. The van der Waals surface area contributed by atoms with E-state index in [4.69, 9.17) is 5.10 Å². The fourth-order valence-corrected chi connectivity index (χ4v) is 6.24. The van der Waals surface area contributed by atoms with Crippen molar-refractivity contribution >= 4 is 21.4 Å². The highest BCUT2D eigenvalue weighted by Crippen LogP contribution is 2.35. The maximum absolute atomic E-state index is 13.5. The maximum atomic E-state index is 13.5. The van der Waals surface area contributed by atoms with Gasteiger partial charge < -0.3 is 4.90 Å². The van der Waals surface area contributed by atoms with Crippen LogP contribution in [0.2, 0.25) is 0 Å². The molecule has 0 bridgehead atoms. The van der Waals surface area contributed by atoms with E-state index in [9.17, 15) is 13.2 Å². The van der Waals surface area contributed by atoms with Gasteiger partial charge in [0.15, 0.2) is 9.84 Å². The van der Waals surface area contributed by atoms with Crippen LogP contribution in [0.25, 0.3) is 0 Å². The summed E-state index contributed by atoms with van der Waals surface area (Å²) < 4.78 is 25.7. The number of aryl methyl sites for hydroxylation is 1. The molecule has 1 aromatic heterocycles. The van der Waals surface area contributed by atoms with E-state index >= 15 is 0 Å². The van der Waals surface area contributed by atoms with Crippen LogP contribution in [0.15, 0.2) is 24.3 Å². The van der Waals surface area contributed by atoms with Crippen molar-refractivity contribution in [2.24, 2.45) is 0 Å². The Morgan fingerprint density at radius 3 is 2.81 bits per heavy atom. The molecule has 0 saturated carbocycles. The lowest BCUT2D eigenvalue weighted by Gasteiger charge is -2.21. The Morgan fingerprint density at radius 2 is 2.00 bits per heavy atom. The van der Waals surface area contributed by atoms with Crippen LogP contribution in [0.1, 0.15) is 46.2 Å². The predicted octanol–water partition coefficient (Wildman–Crippen LogP) is 1.93. The highest BCUT2D eigenvalue weighted by Gasteiger charge is 2.38. The summed E-state index contributed by atoms with van der Waals surface area (Å²) in [5.74, 6) is 0.238. The van der Waals surface area contributed by atoms with E-state index in [0.717, 1.165) is 42.6 Å². The summed E-state index contributed by atoms with van der Waals surface area (Å²) in [6.45, 7) is 0.668. The molecule has 26 heavy (non-hydrogen) atoms. The van der Waals surface area contributed by atoms with Gasteiger partial charge in [-0.05, 0) is 43.7 Å². The van der Waals surface area contributed by atoms with Crippen LogP contribution < -0.4 is 4.90 Å². The third-order valence-corrected chi connectivity index (χ3v) is 7.57. The van der Waals surface area contributed by atoms with Crippen LogP contribution in [0, 0.1) is 0 Å². The van der Waals surface area contributed by atoms with E-state index < -0.39 is 9.84 Å². The Morgan fingerprint density at radius 1 is 1.15 bits per heavy atom. The molecule has 1 saturated heterocycles. The van der Waals surface area contributed by atoms with Crippen molar-refractivity contribution in [2.45, 2.75) is 38.1 Å². The largest absolute Gasteiger partial charge is 0.306 e. The molecular formula is C19H21N3O3S. The number of aromatic nitrogens is 2. The number of sulfone groups is 1. The van der Waals surface area contributed by atoms with Gasteiger partial charge in [0.2, 0.25) is 0 Å². The molecule has 3 aliphatic rings. The second-order valence-corrected chi connectivity index (χ2v) is 9.69. The summed E-state index contributed by atoms with van der Waals surface area (Å²) >= 11 is 0. The number of fused-ring (bicyclic) bond motifs is 2. The highest BCUT2D eigenvalue weighted by molar-refractivity contribution is 7.91. The van der Waals surface area contributed by atoms with Gasteiger partial charge in [-0.15, -0.1) is 0 Å². The first-order chi connectivity index (χ1) is 12.5. The van der Waals surface area contributed by atoms with E-state index in [1.165, 1.54) is 5.56 Å². The molecule has 0 N–H and O–H groups in total. The fraction of sp³-hybridized carbons (Fsp3) is 0.474. The number of para-hydroxylation sites is 1. The quantitative estimate of drug-likeness (QED) is 0.809. The van der Waals surface area contributed by atoms with Gasteiger partial charge >= 0.3 is 0 Å². The van der Waals surface area contributed by atoms with Crippen LogP contribution in [-0.4, -0.2) is 42.2 Å². The zero-order valence-electron chi connectivity index (χ0n) is 14.5. The lowest BCUT2D eigenvalue weighted by Crippen LogP contribution is -2.33. The van der Waals surface area contributed by atoms with Gasteiger partial charge in [0.25, 0.3) is 5.91 Å². The number of amides is 1. The molecule has 136 valence electrons. The van der Waals surface area contributed by atoms with Crippen molar-refractivity contribution in [3.05, 3.63) is 46.8 Å². The summed E-state index contributed by atoms with van der Waals surface area (Å²) in [6.07, 6.45) is 4.14. The summed E-state index contributed by atoms with van der Waals surface area (Å²) in [5.41, 5.74) is 4.79. The molecule has 1 aliphatic carbocycles. The van der Waals surface area contributed by atoms with Gasteiger partial charge in [-0.2, -0.15) is 5.10 Å². The second-order valence-electron chi connectivity index (χ2n) is 7.46. The molecule has 1 atom stereocenters. The summed E-state index contributed by atoms with van der Waals surface area (Å²) in [7, 11) is -3.03. The third-order valence-electron chi connectivity index (χ3n) is 5.82. The highest BCUT2D eigenvalue weighted by atomic mass is 32.2. The molecule has 2 aromatic rings. The standard InChI is InChI=1S/C19H21N3O3S/c23-19(21-10-8-13-4-1-2-7-17(13)21)18-15-5-3-6-16(15)20-22(18)14-9-11-26(24,25)12-14/h1-2,4,7,14H,3,5-6,8-12H2. The number of carbonyl (C=O) groups is 1. The first-order valence-electron chi connectivity index (χ1n) is 9.24. The number of benzene rings is 1. The van der Waals surface area contributed by atoms with Gasteiger partial charge in [-0.1, -0.05) is 18.2 Å². The van der Waals surface area contributed by atoms with Crippen LogP contribution >= 0.6 is 0 Å². The van der Waals surface area contributed by atoms with Crippen molar-refractivity contribution in [1.82, 2.24) is 9.78 Å². The SMILES string of the molecule is O=C(c1c2c(nn1C1CCS(=O)(=O)C1)CCC2)N1CCc2ccccc21. The Balaban J connectivity index is 1.58. The van der Waals surface area contributed by atoms with E-state index in [0.29, 0.717) is 18.7 Å². The molecule has 0 radical (unpaired) electrons. The monoisotopic (exact) mass is 371 g/mol. The fourth-order valence-electron chi connectivity index (χ4n) is 4.55. The average molecular weight is 371 g/mol. The minimum Gasteiger partial charge on any atom is -0.306 e. The molecule has 2 aliphatic heterocycles. The Hall–Kier alpha value is -2.15. The minimum atomic E-state index is -3.03. The number of hydrogen-bond acceptors (Lipinski definition) is 4. The summed E-state index contributed by atoms with van der Waals surface area (Å²) in [6, 6.07) is 7.78. The van der Waals surface area contributed by atoms with Gasteiger partial charge in [-0.3, -0.25) is 9.48 Å². The maximum Gasteiger partial charge on any atom is 0.276 e. The van der Waals surface area contributed by atoms with Crippen LogP contribution in [-0.2, 0) is 29.1 Å². The van der Waals surface area contributed by atoms with Gasteiger partial charge in [0, 0.05) is 17.8 Å². The molecule has 6 nitrogen and oxygen atoms in total. The van der Waals surface area contributed by atoms with E-state index in [1.54, 1.807) is 4.68 Å². The van der Waals surface area contributed by atoms with Crippen molar-refractivity contribution in [3.8, 4) is 0 Å². The van der Waals surface area contributed by atoms with Crippen molar-refractivity contribution in [1.29, 1.82) is 0 Å². The van der Waals surface area contributed by atoms with Crippen LogP contribution in [0.3, 0.4) is 0 Å². The molecule has 1 unspecified atom stereocenters. The molecule has 1 fully saturated rings. The molecule has 7 heteroatoms. The molecule has 3 heterocycles. The number of nitrogens with zero attached hydrogens (tertiary/aromatic N) is 3. The van der Waals surface area contributed by atoms with Crippen molar-refractivity contribution < 1.29 is 13.2 Å². The van der Waals surface area contributed by atoms with Crippen molar-refractivity contribution in [3.63, 3.8) is 0 Å². The number of carbonyl (C=O) groups excluding carboxylic acids is 1. The number of hydrogen-bond donors (Lipinski definition) is 0. The predicted molar refractivity (Wildman–Crippen MR) is 98.4 cm³/mol. The zero-order valence-corrected chi connectivity index (χ0v) is 15.3. The van der Waals surface area contributed by atoms with Gasteiger partial charge in [0.05, 0.1) is 23.2 Å². The molecule has 1 aromatic carbocycles. The number of anilines is 1. The van der Waals surface area contributed by atoms with E-state index in [-0.39, 0.29) is 23.5 Å². The second kappa shape index (κ2) is 5.67. The molecule has 1 amide bonds. The Bertz CT molecular complexity index is 1010. The third kappa shape index (κ3) is 2.40. The summed E-state index contributed by atoms with van der Waals surface area (Å²) in [4.78, 5) is 15.3. The van der Waals surface area contributed by atoms with Gasteiger partial charge in [0.1, 0.15) is 5.69 Å². The normalized spacial score (nSPS) is 23.2. The Labute approximate surface area is 152 Å². The van der Waals surface area contributed by atoms with E-state index in [1.807, 2.05) is 23.1 Å². The molecule has 5 rings (SSSR count). The first-order valence-corrected chi connectivity index (χ1v) is 11.1. The van der Waals surface area contributed by atoms with Crippen LogP contribution in [0.5, 0.6) is 0 Å². The average Bonchev–Trinajstić information content (AvgIpc) is 3.35. The van der Waals surface area contributed by atoms with Gasteiger partial charge in [-0.25, -0.2) is 8.42 Å². The first kappa shape index (κ1) is 16.1. The van der Waals surface area contributed by atoms with Crippen LogP contribution in [0.4, 0.5) is 5.69 Å². The number of rotatable bonds is 2. The lowest BCUT2D eigenvalue weighted by atomic mass is 10.1. The molecular weight excluding hydrogens is 350 g/mol. The summed E-state index contributed by atoms with van der Waals surface area (Å²) in [5, 5.41) is 4.69. The molecule has 0 spiro atoms. The smallest absolute Gasteiger partial charge is 0.276 e. The van der Waals surface area contributed by atoms with Crippen molar-refractivity contribution in [2.75, 3.05) is 23.0 Å². The zero-order chi connectivity index (χ0) is 17.9. The Kier molecular flexibility index (Phi) is 3.50. The topological polar surface area (TPSA) is 72.3 Å². The lowest BCUT2D eigenvalue weighted by molar-refractivity contribution is 0.0976. The van der Waals surface area contributed by atoms with E-state index in [2.05, 4.69) is 6.07 Å².